The minimum absolute atomic E-state index is 0.126. The molecule has 0 radical (unpaired) electrons. The predicted molar refractivity (Wildman–Crippen MR) is 86.6 cm³/mol. The van der Waals surface area contributed by atoms with E-state index in [1.807, 2.05) is 6.92 Å². The van der Waals surface area contributed by atoms with Gasteiger partial charge >= 0.3 is 0 Å². The Morgan fingerprint density at radius 3 is 2.67 bits per heavy atom. The fourth-order valence-electron chi connectivity index (χ4n) is 1.99. The average Bonchev–Trinajstić information content (AvgIpc) is 2.87. The molecule has 0 aliphatic heterocycles. The molecule has 0 saturated heterocycles. The summed E-state index contributed by atoms with van der Waals surface area (Å²) < 4.78 is 27.0. The van der Waals surface area contributed by atoms with Crippen molar-refractivity contribution in [2.45, 2.75) is 33.2 Å². The van der Waals surface area contributed by atoms with E-state index in [1.54, 1.807) is 6.07 Å². The molecule has 2 nitrogen and oxygen atoms in total. The second-order valence-corrected chi connectivity index (χ2v) is 6.86. The summed E-state index contributed by atoms with van der Waals surface area (Å²) >= 11 is 4.64. The molecule has 0 bridgehead atoms. The SMILES string of the molecule is CCNCc1sc(-c2ccc(F)c(F)c2Br)nc1C(C)C. The van der Waals surface area contributed by atoms with Gasteiger partial charge in [0, 0.05) is 17.0 Å². The minimum atomic E-state index is -0.873. The van der Waals surface area contributed by atoms with Crippen LogP contribution >= 0.6 is 27.3 Å². The van der Waals surface area contributed by atoms with Gasteiger partial charge in [0.15, 0.2) is 11.6 Å². The van der Waals surface area contributed by atoms with E-state index in [1.165, 1.54) is 11.3 Å². The number of nitrogens with zero attached hydrogens (tertiary/aromatic N) is 1. The van der Waals surface area contributed by atoms with E-state index < -0.39 is 11.6 Å². The van der Waals surface area contributed by atoms with E-state index in [2.05, 4.69) is 40.1 Å². The summed E-state index contributed by atoms with van der Waals surface area (Å²) in [5.74, 6) is -1.45. The standard InChI is InChI=1S/C15H17BrF2N2S/c1-4-19-7-11-14(8(2)3)20-15(21-11)9-5-6-10(17)13(18)12(9)16/h5-6,8,19H,4,7H2,1-3H3. The van der Waals surface area contributed by atoms with E-state index in [0.717, 1.165) is 29.7 Å². The molecule has 1 heterocycles. The Morgan fingerprint density at radius 1 is 1.33 bits per heavy atom. The van der Waals surface area contributed by atoms with Crippen LogP contribution in [-0.2, 0) is 6.54 Å². The summed E-state index contributed by atoms with van der Waals surface area (Å²) in [7, 11) is 0. The highest BCUT2D eigenvalue weighted by Gasteiger charge is 2.19. The molecule has 2 rings (SSSR count). The van der Waals surface area contributed by atoms with Gasteiger partial charge in [0.2, 0.25) is 0 Å². The van der Waals surface area contributed by atoms with Crippen LogP contribution in [0.4, 0.5) is 8.78 Å². The van der Waals surface area contributed by atoms with Gasteiger partial charge in [0.1, 0.15) is 5.01 Å². The topological polar surface area (TPSA) is 24.9 Å². The molecule has 2 aromatic rings. The van der Waals surface area contributed by atoms with Crippen molar-refractivity contribution in [2.75, 3.05) is 6.54 Å². The molecule has 0 amide bonds. The molecule has 0 unspecified atom stereocenters. The van der Waals surface area contributed by atoms with Gasteiger partial charge in [-0.2, -0.15) is 0 Å². The van der Waals surface area contributed by atoms with Gasteiger partial charge in [-0.15, -0.1) is 11.3 Å². The van der Waals surface area contributed by atoms with Crippen LogP contribution in [-0.4, -0.2) is 11.5 Å². The van der Waals surface area contributed by atoms with Crippen LogP contribution in [0.2, 0.25) is 0 Å². The van der Waals surface area contributed by atoms with Gasteiger partial charge in [-0.05, 0) is 40.5 Å². The number of aromatic nitrogens is 1. The molecular formula is C15H17BrF2N2S. The Hall–Kier alpha value is -0.850. The lowest BCUT2D eigenvalue weighted by atomic mass is 10.1. The molecule has 1 aromatic carbocycles. The van der Waals surface area contributed by atoms with E-state index in [-0.39, 0.29) is 10.4 Å². The molecule has 0 fully saturated rings. The summed E-state index contributed by atoms with van der Waals surface area (Å²) in [5, 5.41) is 3.99. The number of halogens is 3. The minimum Gasteiger partial charge on any atom is -0.312 e. The van der Waals surface area contributed by atoms with Crippen molar-refractivity contribution in [3.63, 3.8) is 0 Å². The second-order valence-electron chi connectivity index (χ2n) is 4.99. The molecule has 0 atom stereocenters. The number of nitrogens with one attached hydrogen (secondary N) is 1. The maximum atomic E-state index is 13.7. The average molecular weight is 375 g/mol. The van der Waals surface area contributed by atoms with Gasteiger partial charge in [-0.1, -0.05) is 20.8 Å². The van der Waals surface area contributed by atoms with E-state index in [0.29, 0.717) is 10.6 Å². The Kier molecular flexibility index (Phi) is 5.46. The normalized spacial score (nSPS) is 11.4. The summed E-state index contributed by atoms with van der Waals surface area (Å²) in [4.78, 5) is 5.76. The zero-order valence-corrected chi connectivity index (χ0v) is 14.5. The number of benzene rings is 1. The first-order valence-corrected chi connectivity index (χ1v) is 8.40. The monoisotopic (exact) mass is 374 g/mol. The van der Waals surface area contributed by atoms with Gasteiger partial charge in [0.05, 0.1) is 10.2 Å². The fourth-order valence-corrected chi connectivity index (χ4v) is 3.84. The summed E-state index contributed by atoms with van der Waals surface area (Å²) in [6.07, 6.45) is 0. The fraction of sp³-hybridized carbons (Fsp3) is 0.400. The Bertz CT molecular complexity index is 641. The van der Waals surface area contributed by atoms with Gasteiger partial charge in [-0.25, -0.2) is 13.8 Å². The molecule has 1 N–H and O–H groups in total. The van der Waals surface area contributed by atoms with Gasteiger partial charge in [-0.3, -0.25) is 0 Å². The molecule has 0 spiro atoms. The van der Waals surface area contributed by atoms with E-state index >= 15 is 0 Å². The Labute approximate surface area is 135 Å². The van der Waals surface area contributed by atoms with Crippen molar-refractivity contribution in [1.29, 1.82) is 0 Å². The predicted octanol–water partition coefficient (Wildman–Crippen LogP) is 5.08. The highest BCUT2D eigenvalue weighted by atomic mass is 79.9. The molecule has 0 aliphatic rings. The van der Waals surface area contributed by atoms with E-state index in [4.69, 9.17) is 0 Å². The quantitative estimate of drug-likeness (QED) is 0.737. The molecule has 0 aliphatic carbocycles. The largest absolute Gasteiger partial charge is 0.312 e. The van der Waals surface area contributed by atoms with Crippen molar-refractivity contribution in [3.8, 4) is 10.6 Å². The van der Waals surface area contributed by atoms with Crippen LogP contribution in [0.1, 0.15) is 37.3 Å². The van der Waals surface area contributed by atoms with Crippen LogP contribution in [0.15, 0.2) is 16.6 Å². The number of thiazole rings is 1. The van der Waals surface area contributed by atoms with Crippen molar-refractivity contribution in [3.05, 3.63) is 38.8 Å². The smallest absolute Gasteiger partial charge is 0.173 e. The van der Waals surface area contributed by atoms with Crippen LogP contribution in [0.25, 0.3) is 10.6 Å². The van der Waals surface area contributed by atoms with Crippen LogP contribution in [0.5, 0.6) is 0 Å². The van der Waals surface area contributed by atoms with Crippen molar-refractivity contribution in [1.82, 2.24) is 10.3 Å². The van der Waals surface area contributed by atoms with Gasteiger partial charge < -0.3 is 5.32 Å². The summed E-state index contributed by atoms with van der Waals surface area (Å²) in [6.45, 7) is 7.81. The molecule has 114 valence electrons. The Morgan fingerprint density at radius 2 is 2.05 bits per heavy atom. The van der Waals surface area contributed by atoms with E-state index in [9.17, 15) is 8.78 Å². The number of rotatable bonds is 5. The zero-order valence-electron chi connectivity index (χ0n) is 12.1. The maximum absolute atomic E-state index is 13.7. The molecule has 0 saturated carbocycles. The van der Waals surface area contributed by atoms with Gasteiger partial charge in [0.25, 0.3) is 0 Å². The molecule has 6 heteroatoms. The summed E-state index contributed by atoms with van der Waals surface area (Å²) in [5.41, 5.74) is 1.59. The maximum Gasteiger partial charge on any atom is 0.173 e. The highest BCUT2D eigenvalue weighted by molar-refractivity contribution is 9.10. The molecular weight excluding hydrogens is 358 g/mol. The molecule has 1 aromatic heterocycles. The third-order valence-corrected chi connectivity index (χ3v) is 4.96. The van der Waals surface area contributed by atoms with Crippen LogP contribution in [0, 0.1) is 11.6 Å². The number of hydrogen-bond donors (Lipinski definition) is 1. The Balaban J connectivity index is 2.47. The number of hydrogen-bond acceptors (Lipinski definition) is 3. The van der Waals surface area contributed by atoms with Crippen molar-refractivity contribution < 1.29 is 8.78 Å². The van der Waals surface area contributed by atoms with Crippen molar-refractivity contribution in [2.24, 2.45) is 0 Å². The van der Waals surface area contributed by atoms with Crippen molar-refractivity contribution >= 4 is 27.3 Å². The first-order chi connectivity index (χ1) is 9.95. The first kappa shape index (κ1) is 16.5. The lowest BCUT2D eigenvalue weighted by Gasteiger charge is -2.05. The zero-order chi connectivity index (χ0) is 15.6. The third-order valence-electron chi connectivity index (χ3n) is 3.08. The third kappa shape index (κ3) is 3.49. The first-order valence-electron chi connectivity index (χ1n) is 6.79. The lowest BCUT2D eigenvalue weighted by molar-refractivity contribution is 0.505. The second kappa shape index (κ2) is 6.94. The van der Waals surface area contributed by atoms with Crippen LogP contribution < -0.4 is 5.32 Å². The van der Waals surface area contributed by atoms with Crippen LogP contribution in [0.3, 0.4) is 0 Å². The summed E-state index contributed by atoms with van der Waals surface area (Å²) in [6, 6.07) is 2.69. The lowest BCUT2D eigenvalue weighted by Crippen LogP contribution is -2.12. The molecule has 21 heavy (non-hydrogen) atoms. The highest BCUT2D eigenvalue weighted by Crippen LogP contribution is 2.37.